The molecule has 0 saturated carbocycles. The van der Waals surface area contributed by atoms with Crippen molar-refractivity contribution >= 4 is 43.9 Å². The lowest BCUT2D eigenvalue weighted by atomic mass is 9.86. The summed E-state index contributed by atoms with van der Waals surface area (Å²) in [5, 5.41) is 31.8. The van der Waals surface area contributed by atoms with Crippen LogP contribution in [0, 0.1) is 52.7 Å². The summed E-state index contributed by atoms with van der Waals surface area (Å²) in [6.45, 7) is 25.2. The van der Waals surface area contributed by atoms with Crippen molar-refractivity contribution in [2.45, 2.75) is 77.7 Å². The zero-order chi connectivity index (χ0) is 52.5. The van der Waals surface area contributed by atoms with Crippen LogP contribution in [-0.2, 0) is 9.47 Å². The van der Waals surface area contributed by atoms with Gasteiger partial charge >= 0.3 is 0 Å². The Hall–Kier alpha value is -7.98. The van der Waals surface area contributed by atoms with Crippen LogP contribution in [0.3, 0.4) is 0 Å². The molecule has 0 spiro atoms. The first kappa shape index (κ1) is 50.2. The zero-order valence-electron chi connectivity index (χ0n) is 43.2. The van der Waals surface area contributed by atoms with Crippen molar-refractivity contribution in [2.24, 2.45) is 11.8 Å². The highest BCUT2D eigenvalue weighted by Crippen LogP contribution is 2.44. The van der Waals surface area contributed by atoms with Crippen LogP contribution >= 0.6 is 0 Å². The number of pyridine rings is 2. The van der Waals surface area contributed by atoms with Crippen molar-refractivity contribution in [3.8, 4) is 22.3 Å². The van der Waals surface area contributed by atoms with Gasteiger partial charge in [-0.2, -0.15) is 0 Å². The standard InChI is InChI=1S/2C31H30N4O3/c2*1-19-29(20(2)38-34-19)24-16-27-30(33-17-24)25-10-9-23(28(36)18-32-3)15-26(25)35(27)31(21-7-5-4-6-8-21)22-11-13-37-14-12-22/h2*4-10,15-17,22,28,31,36H,11-14,18H2,1-2H3/t2*28?,31-/m11/s1. The molecule has 6 aromatic heterocycles. The maximum absolute atomic E-state index is 10.7. The number of aliphatic hydroxyl groups is 2. The number of aryl methyl sites for hydroxylation is 4. The van der Waals surface area contributed by atoms with E-state index in [1.807, 2.05) is 88.6 Å². The summed E-state index contributed by atoms with van der Waals surface area (Å²) in [6, 6.07) is 37.7. The number of fused-ring (bicyclic) bond motifs is 6. The highest BCUT2D eigenvalue weighted by molar-refractivity contribution is 6.08. The molecule has 0 radical (unpaired) electrons. The second-order valence-corrected chi connectivity index (χ2v) is 20.2. The van der Waals surface area contributed by atoms with Crippen molar-refractivity contribution in [1.29, 1.82) is 0 Å². The van der Waals surface area contributed by atoms with E-state index in [-0.39, 0.29) is 25.2 Å². The number of ether oxygens (including phenoxy) is 2. The van der Waals surface area contributed by atoms with Gasteiger partial charge in [-0.25, -0.2) is 13.1 Å². The monoisotopic (exact) mass is 1010 g/mol. The Morgan fingerprint density at radius 1 is 0.526 bits per heavy atom. The number of hydrogen-bond donors (Lipinski definition) is 2. The summed E-state index contributed by atoms with van der Waals surface area (Å²) >= 11 is 0. The molecule has 14 nitrogen and oxygen atoms in total. The van der Waals surface area contributed by atoms with Crippen molar-refractivity contribution < 1.29 is 28.7 Å². The first-order valence-corrected chi connectivity index (χ1v) is 26.1. The molecule has 2 fully saturated rings. The van der Waals surface area contributed by atoms with Gasteiger partial charge in [0.2, 0.25) is 13.1 Å². The van der Waals surface area contributed by atoms with E-state index in [2.05, 4.69) is 89.8 Å². The van der Waals surface area contributed by atoms with Gasteiger partial charge in [-0.15, -0.1) is 0 Å². The fourth-order valence-corrected chi connectivity index (χ4v) is 11.9. The molecule has 0 amide bonds. The minimum absolute atomic E-state index is 0.0300. The Labute approximate surface area is 441 Å². The molecule has 8 heterocycles. The molecule has 76 heavy (non-hydrogen) atoms. The van der Waals surface area contributed by atoms with E-state index in [0.29, 0.717) is 11.8 Å². The second kappa shape index (κ2) is 21.7. The predicted molar refractivity (Wildman–Crippen MR) is 294 cm³/mol. The van der Waals surface area contributed by atoms with Crippen LogP contribution in [0.2, 0.25) is 0 Å². The molecular formula is C62H60N8O6. The highest BCUT2D eigenvalue weighted by Gasteiger charge is 2.33. The largest absolute Gasteiger partial charge is 0.381 e. The van der Waals surface area contributed by atoms with Crippen LogP contribution in [0.1, 0.15) is 95.1 Å². The lowest BCUT2D eigenvalue weighted by molar-refractivity contribution is 0.0552. The Balaban J connectivity index is 0.000000162. The minimum atomic E-state index is -0.840. The third kappa shape index (κ3) is 9.43. The summed E-state index contributed by atoms with van der Waals surface area (Å²) in [4.78, 5) is 16.8. The summed E-state index contributed by atoms with van der Waals surface area (Å²) in [5.74, 6) is 2.26. The molecule has 2 aliphatic rings. The second-order valence-electron chi connectivity index (χ2n) is 20.2. The molecule has 2 aliphatic heterocycles. The molecule has 384 valence electrons. The average molecular weight is 1010 g/mol. The van der Waals surface area contributed by atoms with E-state index < -0.39 is 12.2 Å². The molecule has 0 aliphatic carbocycles. The molecule has 14 heteroatoms. The Kier molecular flexibility index (Phi) is 14.3. The van der Waals surface area contributed by atoms with Gasteiger partial charge in [-0.3, -0.25) is 9.97 Å². The van der Waals surface area contributed by atoms with Gasteiger partial charge in [0.25, 0.3) is 0 Å². The third-order valence-corrected chi connectivity index (χ3v) is 15.5. The predicted octanol–water partition coefficient (Wildman–Crippen LogP) is 12.9. The first-order chi connectivity index (χ1) is 37.1. The Bertz CT molecular complexity index is 3490. The Morgan fingerprint density at radius 2 is 0.921 bits per heavy atom. The summed E-state index contributed by atoms with van der Waals surface area (Å²) in [5.41, 5.74) is 15.3. The first-order valence-electron chi connectivity index (χ1n) is 26.1. The van der Waals surface area contributed by atoms with Crippen LogP contribution in [0.4, 0.5) is 0 Å². The zero-order valence-corrected chi connectivity index (χ0v) is 43.2. The summed E-state index contributed by atoms with van der Waals surface area (Å²) in [7, 11) is 0. The van der Waals surface area contributed by atoms with Gasteiger partial charge < -0.3 is 47.6 Å². The van der Waals surface area contributed by atoms with Gasteiger partial charge in [0.05, 0.1) is 56.6 Å². The molecule has 2 N–H and O–H groups in total. The van der Waals surface area contributed by atoms with Gasteiger partial charge in [0, 0.05) is 71.8 Å². The summed E-state index contributed by atoms with van der Waals surface area (Å²) in [6.07, 6.45) is 5.93. The number of nitrogens with zero attached hydrogens (tertiary/aromatic N) is 8. The number of aliphatic hydroxyl groups excluding tert-OH is 2. The molecule has 10 aromatic rings. The number of aromatic nitrogens is 6. The topological polar surface area (TPSA) is 155 Å². The van der Waals surface area contributed by atoms with Gasteiger partial charge in [0.15, 0.2) is 12.2 Å². The van der Waals surface area contributed by atoms with Crippen LogP contribution in [0.5, 0.6) is 0 Å². The fourth-order valence-electron chi connectivity index (χ4n) is 11.9. The normalized spacial score (nSPS) is 16.1. The third-order valence-electron chi connectivity index (χ3n) is 15.5. The average Bonchev–Trinajstić information content (AvgIpc) is 4.21. The van der Waals surface area contributed by atoms with Crippen LogP contribution in [-0.4, -0.2) is 79.1 Å². The highest BCUT2D eigenvalue weighted by atomic mass is 16.5. The Morgan fingerprint density at radius 3 is 1.28 bits per heavy atom. The molecule has 2 saturated heterocycles. The molecule has 12 rings (SSSR count). The lowest BCUT2D eigenvalue weighted by Crippen LogP contribution is -2.27. The molecule has 0 bridgehead atoms. The van der Waals surface area contributed by atoms with Crippen molar-refractivity contribution in [3.05, 3.63) is 190 Å². The van der Waals surface area contributed by atoms with E-state index in [9.17, 15) is 10.2 Å². The van der Waals surface area contributed by atoms with Crippen LogP contribution < -0.4 is 0 Å². The molecule has 2 unspecified atom stereocenters. The number of hydrogen-bond acceptors (Lipinski definition) is 10. The SMILES string of the molecule is [C-]#[N+]CC(O)c1ccc2c3ncc(-c4c(C)noc4C)cc3n([C@H](c3ccccc3)C3CCOCC3)c2c1.[C-]#[N+]CC(O)c1ccc2c3ncc(-c4c(C)noc4C)cc3n([C@H](c3ccccc3)C3CCOCC3)c2c1. The molecule has 4 atom stereocenters. The van der Waals surface area contributed by atoms with Crippen LogP contribution in [0.15, 0.2) is 131 Å². The van der Waals surface area contributed by atoms with Gasteiger partial charge in [-0.1, -0.05) is 95.2 Å². The van der Waals surface area contributed by atoms with E-state index in [1.54, 1.807) is 0 Å². The maximum Gasteiger partial charge on any atom is 0.244 e. The van der Waals surface area contributed by atoms with E-state index in [1.165, 1.54) is 11.1 Å². The minimum Gasteiger partial charge on any atom is -0.381 e. The van der Waals surface area contributed by atoms with Crippen molar-refractivity contribution in [3.63, 3.8) is 0 Å². The quantitative estimate of drug-likeness (QED) is 0.113. The summed E-state index contributed by atoms with van der Waals surface area (Å²) < 4.78 is 27.3. The van der Waals surface area contributed by atoms with Crippen molar-refractivity contribution in [1.82, 2.24) is 29.4 Å². The molecule has 4 aromatic carbocycles. The van der Waals surface area contributed by atoms with Gasteiger partial charge in [0.1, 0.15) is 11.5 Å². The fraction of sp³-hybridized carbons (Fsp3) is 0.323. The van der Waals surface area contributed by atoms with E-state index >= 15 is 0 Å². The van der Waals surface area contributed by atoms with Gasteiger partial charge in [-0.05, 0) is 112 Å². The van der Waals surface area contributed by atoms with Crippen LogP contribution in [0.25, 0.3) is 75.8 Å². The molecular weight excluding hydrogens is 953 g/mol. The lowest BCUT2D eigenvalue weighted by Gasteiger charge is -2.33. The number of benzene rings is 4. The maximum atomic E-state index is 10.7. The van der Waals surface area contributed by atoms with Crippen molar-refractivity contribution in [2.75, 3.05) is 39.5 Å². The number of rotatable bonds is 12. The van der Waals surface area contributed by atoms with E-state index in [4.69, 9.17) is 41.6 Å². The smallest absolute Gasteiger partial charge is 0.244 e. The van der Waals surface area contributed by atoms with E-state index in [0.717, 1.165) is 152 Å².